The molecule has 3 amide bonds. The quantitative estimate of drug-likeness (QED) is 0.163. The van der Waals surface area contributed by atoms with Crippen LogP contribution in [0.15, 0.2) is 24.4 Å². The number of hydrogen-bond acceptors (Lipinski definition) is 4. The molecule has 1 saturated carbocycles. The molecular weight excluding hydrogens is 634 g/mol. The number of pyridine rings is 1. The van der Waals surface area contributed by atoms with Gasteiger partial charge in [-0.1, -0.05) is 60.3 Å². The van der Waals surface area contributed by atoms with Crippen LogP contribution >= 0.6 is 24.0 Å². The summed E-state index contributed by atoms with van der Waals surface area (Å²) in [6.45, 7) is 12.9. The van der Waals surface area contributed by atoms with Gasteiger partial charge in [-0.05, 0) is 67.0 Å². The Hall–Kier alpha value is -2.76. The van der Waals surface area contributed by atoms with Gasteiger partial charge in [-0.25, -0.2) is 14.2 Å². The van der Waals surface area contributed by atoms with E-state index in [1.165, 1.54) is 25.3 Å². The molecule has 234 valence electrons. The number of benzene rings is 1. The van der Waals surface area contributed by atoms with E-state index >= 15 is 0 Å². The van der Waals surface area contributed by atoms with E-state index in [9.17, 15) is 14.0 Å². The number of halogens is 2. The van der Waals surface area contributed by atoms with Gasteiger partial charge in [0.2, 0.25) is 6.41 Å². The average molecular weight is 689 g/mol. The highest BCUT2D eigenvalue weighted by molar-refractivity contribution is 14.0. The van der Waals surface area contributed by atoms with Crippen molar-refractivity contribution < 1.29 is 18.3 Å². The van der Waals surface area contributed by atoms with E-state index < -0.39 is 0 Å². The van der Waals surface area contributed by atoms with Crippen molar-refractivity contribution in [2.45, 2.75) is 98.4 Å². The first-order valence-electron chi connectivity index (χ1n) is 14.7. The Kier molecular flexibility index (Phi) is 16.5. The molecule has 8 nitrogen and oxygen atoms in total. The van der Waals surface area contributed by atoms with Crippen molar-refractivity contribution in [3.63, 3.8) is 0 Å². The fraction of sp³-hybridized carbons (Fsp3) is 0.548. The fourth-order valence-electron chi connectivity index (χ4n) is 5.12. The summed E-state index contributed by atoms with van der Waals surface area (Å²) in [6.07, 6.45) is 10.3. The molecule has 2 heterocycles. The van der Waals surface area contributed by atoms with E-state index in [1.807, 2.05) is 33.9 Å². The lowest BCUT2D eigenvalue weighted by atomic mass is 9.96. The zero-order chi connectivity index (χ0) is 29.7. The van der Waals surface area contributed by atoms with Gasteiger partial charge in [0.25, 0.3) is 0 Å². The number of aryl methyl sites for hydroxylation is 2. The summed E-state index contributed by atoms with van der Waals surface area (Å²) < 4.78 is 16.5. The molecule has 3 aromatic rings. The number of hydrogen-bond donors (Lipinski definition) is 3. The largest absolute Gasteiger partial charge is 0.338 e. The number of carbonyl (C=O) groups is 2. The molecule has 0 aliphatic heterocycles. The first-order valence-corrected chi connectivity index (χ1v) is 14.7. The van der Waals surface area contributed by atoms with E-state index in [2.05, 4.69) is 46.8 Å². The van der Waals surface area contributed by atoms with Gasteiger partial charge in [0.15, 0.2) is 5.82 Å². The molecule has 1 aromatic carbocycles. The number of rotatable bonds is 8. The van der Waals surface area contributed by atoms with Crippen LogP contribution in [-0.2, 0) is 18.3 Å². The van der Waals surface area contributed by atoms with Crippen molar-refractivity contribution in [2.75, 3.05) is 11.9 Å². The van der Waals surface area contributed by atoms with Crippen molar-refractivity contribution in [3.8, 4) is 11.1 Å². The Morgan fingerprint density at radius 2 is 1.85 bits per heavy atom. The van der Waals surface area contributed by atoms with Gasteiger partial charge in [-0.3, -0.25) is 9.48 Å². The maximum atomic E-state index is 14.8. The lowest BCUT2D eigenvalue weighted by molar-refractivity contribution is -0.105. The van der Waals surface area contributed by atoms with Gasteiger partial charge >= 0.3 is 6.03 Å². The topological polar surface area (TPSA) is 101 Å². The average Bonchev–Trinajstić information content (AvgIpc) is 3.28. The molecule has 0 atom stereocenters. The Morgan fingerprint density at radius 3 is 2.44 bits per heavy atom. The number of nitrogens with one attached hydrogen (secondary N) is 3. The van der Waals surface area contributed by atoms with Gasteiger partial charge in [0.05, 0.1) is 0 Å². The van der Waals surface area contributed by atoms with E-state index in [4.69, 9.17) is 0 Å². The number of anilines is 1. The molecule has 1 fully saturated rings. The first-order chi connectivity index (χ1) is 19.3. The normalized spacial score (nSPS) is 12.8. The van der Waals surface area contributed by atoms with Crippen LogP contribution in [-0.4, -0.2) is 39.8 Å². The minimum Gasteiger partial charge on any atom is -0.338 e. The second-order valence-electron chi connectivity index (χ2n) is 10.1. The highest BCUT2D eigenvalue weighted by Crippen LogP contribution is 2.34. The van der Waals surface area contributed by atoms with Gasteiger partial charge in [-0.2, -0.15) is 5.10 Å². The van der Waals surface area contributed by atoms with Gasteiger partial charge in [0, 0.05) is 41.2 Å². The molecule has 4 rings (SSSR count). The van der Waals surface area contributed by atoms with Crippen LogP contribution < -0.4 is 16.0 Å². The zero-order valence-corrected chi connectivity index (χ0v) is 28.0. The number of urea groups is 1. The van der Waals surface area contributed by atoms with Crippen LogP contribution in [0.1, 0.15) is 102 Å². The summed E-state index contributed by atoms with van der Waals surface area (Å²) >= 11 is 0. The fourth-order valence-corrected chi connectivity index (χ4v) is 5.12. The van der Waals surface area contributed by atoms with E-state index in [1.54, 1.807) is 16.9 Å². The molecule has 1 aliphatic carbocycles. The zero-order valence-electron chi connectivity index (χ0n) is 25.6. The van der Waals surface area contributed by atoms with Gasteiger partial charge in [0.1, 0.15) is 11.3 Å². The van der Waals surface area contributed by atoms with Crippen molar-refractivity contribution in [3.05, 3.63) is 41.5 Å². The molecule has 3 N–H and O–H groups in total. The van der Waals surface area contributed by atoms with Crippen LogP contribution in [0, 0.1) is 5.82 Å². The predicted octanol–water partition coefficient (Wildman–Crippen LogP) is 8.44. The molecule has 0 saturated heterocycles. The third kappa shape index (κ3) is 10.2. The molecule has 0 bridgehead atoms. The molecule has 0 spiro atoms. The van der Waals surface area contributed by atoms with Crippen molar-refractivity contribution >= 4 is 53.1 Å². The third-order valence-corrected chi connectivity index (χ3v) is 6.79. The minimum atomic E-state index is -0.343. The van der Waals surface area contributed by atoms with E-state index in [0.29, 0.717) is 30.3 Å². The molecule has 41 heavy (non-hydrogen) atoms. The third-order valence-electron chi connectivity index (χ3n) is 6.79. The Balaban J connectivity index is -0.000000801. The number of amides is 3. The van der Waals surface area contributed by atoms with Crippen LogP contribution in [0.25, 0.3) is 22.0 Å². The van der Waals surface area contributed by atoms with E-state index in [-0.39, 0.29) is 46.0 Å². The lowest BCUT2D eigenvalue weighted by Crippen LogP contribution is -2.42. The van der Waals surface area contributed by atoms with Crippen LogP contribution in [0.3, 0.4) is 0 Å². The summed E-state index contributed by atoms with van der Waals surface area (Å²) in [5.41, 5.74) is 4.06. The minimum absolute atomic E-state index is 0. The smallest absolute Gasteiger partial charge is 0.314 e. The second kappa shape index (κ2) is 18.6. The summed E-state index contributed by atoms with van der Waals surface area (Å²) in [7, 11) is 1.84. The highest BCUT2D eigenvalue weighted by Gasteiger charge is 2.18. The summed E-state index contributed by atoms with van der Waals surface area (Å²) in [5.74, 6) is 0.328. The summed E-state index contributed by atoms with van der Waals surface area (Å²) in [6, 6.07) is 5.71. The molecule has 1 aliphatic rings. The summed E-state index contributed by atoms with van der Waals surface area (Å²) in [5, 5.41) is 13.4. The first kappa shape index (κ1) is 36.3. The molecule has 2 aromatic heterocycles. The highest BCUT2D eigenvalue weighted by atomic mass is 127. The number of fused-ring (bicyclic) bond motifs is 1. The molecule has 0 radical (unpaired) electrons. The Labute approximate surface area is 266 Å². The molecular formula is C31H54FIN6O2. The predicted molar refractivity (Wildman–Crippen MR) is 184 cm³/mol. The Morgan fingerprint density at radius 1 is 1.17 bits per heavy atom. The lowest BCUT2D eigenvalue weighted by Gasteiger charge is -2.22. The van der Waals surface area contributed by atoms with E-state index in [0.717, 1.165) is 53.5 Å². The van der Waals surface area contributed by atoms with Gasteiger partial charge in [-0.15, -0.1) is 24.0 Å². The van der Waals surface area contributed by atoms with Crippen LogP contribution in [0.5, 0.6) is 0 Å². The molecule has 0 unspecified atom stereocenters. The molecule has 10 heteroatoms. The van der Waals surface area contributed by atoms with Crippen molar-refractivity contribution in [1.82, 2.24) is 25.4 Å². The standard InChI is InChI=1S/C20H23FN4O.C9H18N2O.C2H6.HI.3H2/c1-5-6-13-10-22-18(23-11-26)9-15(13)14-7-16-19(17(21)8-14)24-25(4)20(16)12(2)3;1-2-10-9(12)11-8-6-4-3-5-7-8;1-2;;;;/h7-12H,5-6H2,1-4H3,(H,22,23,26);8H,2-7H2,1H3,(H2,10,11,12);1-2H3;4*1H. The number of carbonyl (C=O) groups excluding carboxylic acids is 2. The maximum Gasteiger partial charge on any atom is 0.314 e. The SMILES string of the molecule is CC.CCCc1cnc(NC=O)cc1-c1cc(F)c2nn(C)c(C(C)C)c2c1.CCNC(=O)NC1CCCCC1.I.[HH].[HH].[HH]. The van der Waals surface area contributed by atoms with Gasteiger partial charge < -0.3 is 16.0 Å². The van der Waals surface area contributed by atoms with Crippen molar-refractivity contribution in [2.24, 2.45) is 7.05 Å². The van der Waals surface area contributed by atoms with Crippen molar-refractivity contribution in [1.29, 1.82) is 0 Å². The van der Waals surface area contributed by atoms with Crippen LogP contribution in [0.4, 0.5) is 15.0 Å². The summed E-state index contributed by atoms with van der Waals surface area (Å²) in [4.78, 5) is 26.1. The number of nitrogens with zero attached hydrogens (tertiary/aromatic N) is 3. The maximum absolute atomic E-state index is 14.8. The Bertz CT molecular complexity index is 1260. The second-order valence-corrected chi connectivity index (χ2v) is 10.1. The monoisotopic (exact) mass is 688 g/mol. The van der Waals surface area contributed by atoms with Crippen LogP contribution in [0.2, 0.25) is 0 Å². The number of aromatic nitrogens is 3.